The van der Waals surface area contributed by atoms with Gasteiger partial charge in [0.25, 0.3) is 5.91 Å². The van der Waals surface area contributed by atoms with Crippen molar-refractivity contribution < 1.29 is 23.5 Å². The lowest BCUT2D eigenvalue weighted by atomic mass is 10.2. The topological polar surface area (TPSA) is 76.0 Å². The second-order valence-corrected chi connectivity index (χ2v) is 8.42. The third-order valence-corrected chi connectivity index (χ3v) is 6.37. The Bertz CT molecular complexity index is 782. The van der Waals surface area contributed by atoms with Crippen molar-refractivity contribution >= 4 is 45.7 Å². The predicted octanol–water partition coefficient (Wildman–Crippen LogP) is 2.61. The van der Waals surface area contributed by atoms with Gasteiger partial charge in [0, 0.05) is 18.2 Å². The third-order valence-electron chi connectivity index (χ3n) is 4.07. The molecule has 6 nitrogen and oxygen atoms in total. The fourth-order valence-electron chi connectivity index (χ4n) is 2.58. The summed E-state index contributed by atoms with van der Waals surface area (Å²) in [5.41, 5.74) is 0.480. The van der Waals surface area contributed by atoms with Gasteiger partial charge in [-0.2, -0.15) is 4.99 Å². The molecule has 0 saturated heterocycles. The van der Waals surface area contributed by atoms with Crippen LogP contribution in [-0.4, -0.2) is 50.7 Å². The zero-order valence-corrected chi connectivity index (χ0v) is 16.4. The summed E-state index contributed by atoms with van der Waals surface area (Å²) < 4.78 is 19.1. The molecule has 1 saturated carbocycles. The lowest BCUT2D eigenvalue weighted by Gasteiger charge is -2.22. The van der Waals surface area contributed by atoms with Gasteiger partial charge in [0.2, 0.25) is 5.91 Å². The maximum atomic E-state index is 13.9. The van der Waals surface area contributed by atoms with Gasteiger partial charge in [0.15, 0.2) is 5.25 Å². The number of amides is 2. The number of esters is 1. The summed E-state index contributed by atoms with van der Waals surface area (Å²) in [5, 5.41) is -0.986. The highest BCUT2D eigenvalue weighted by Gasteiger charge is 2.37. The summed E-state index contributed by atoms with van der Waals surface area (Å²) in [5.74, 6) is -1.56. The Hall–Kier alpha value is -1.87. The van der Waals surface area contributed by atoms with Crippen LogP contribution in [0.2, 0.25) is 0 Å². The Labute approximate surface area is 164 Å². The van der Waals surface area contributed by atoms with Gasteiger partial charge in [-0.3, -0.25) is 14.4 Å². The number of ether oxygens (including phenoxy) is 1. The van der Waals surface area contributed by atoms with Gasteiger partial charge in [-0.05, 0) is 25.8 Å². The van der Waals surface area contributed by atoms with E-state index < -0.39 is 17.1 Å². The van der Waals surface area contributed by atoms with Crippen LogP contribution in [0.5, 0.6) is 0 Å². The SMILES string of the molecule is CCOC(=O)C1SC(SCC(=O)N(Cc2ccccc2F)C2CC2)=NC1=O. The van der Waals surface area contributed by atoms with Gasteiger partial charge in [0.05, 0.1) is 12.4 Å². The number of halogens is 1. The van der Waals surface area contributed by atoms with Crippen molar-refractivity contribution in [3.8, 4) is 0 Å². The molecular formula is C18H19FN2O4S2. The van der Waals surface area contributed by atoms with Crippen molar-refractivity contribution in [3.63, 3.8) is 0 Å². The highest BCUT2D eigenvalue weighted by Crippen LogP contribution is 2.32. The number of hydrogen-bond acceptors (Lipinski definition) is 6. The molecule has 1 heterocycles. The van der Waals surface area contributed by atoms with Crippen LogP contribution in [0.3, 0.4) is 0 Å². The quantitative estimate of drug-likeness (QED) is 0.508. The van der Waals surface area contributed by atoms with Crippen LogP contribution < -0.4 is 0 Å². The molecule has 1 atom stereocenters. The molecule has 9 heteroatoms. The summed E-state index contributed by atoms with van der Waals surface area (Å²) in [6.07, 6.45) is 1.81. The summed E-state index contributed by atoms with van der Waals surface area (Å²) in [4.78, 5) is 41.7. The first-order valence-electron chi connectivity index (χ1n) is 8.61. The Morgan fingerprint density at radius 2 is 2.11 bits per heavy atom. The molecule has 2 amide bonds. The van der Waals surface area contributed by atoms with Gasteiger partial charge in [0.1, 0.15) is 10.2 Å². The molecule has 144 valence electrons. The van der Waals surface area contributed by atoms with Crippen LogP contribution in [0.1, 0.15) is 25.3 Å². The van der Waals surface area contributed by atoms with E-state index in [1.165, 1.54) is 6.07 Å². The molecule has 2 aliphatic rings. The van der Waals surface area contributed by atoms with Crippen molar-refractivity contribution in [2.45, 2.75) is 37.6 Å². The standard InChI is InChI=1S/C18H19FN2O4S2/c1-2-25-17(24)15-16(23)20-18(27-15)26-10-14(22)21(12-7-8-12)9-11-5-3-4-6-13(11)19/h3-6,12,15H,2,7-10H2,1H3. The van der Waals surface area contributed by atoms with E-state index in [9.17, 15) is 18.8 Å². The minimum atomic E-state index is -0.986. The molecular weight excluding hydrogens is 391 g/mol. The van der Waals surface area contributed by atoms with E-state index in [0.717, 1.165) is 36.4 Å². The van der Waals surface area contributed by atoms with E-state index in [4.69, 9.17) is 4.74 Å². The molecule has 27 heavy (non-hydrogen) atoms. The number of carbonyl (C=O) groups is 3. The van der Waals surface area contributed by atoms with Crippen LogP contribution >= 0.6 is 23.5 Å². The number of hydrogen-bond donors (Lipinski definition) is 0. The zero-order chi connectivity index (χ0) is 19.4. The van der Waals surface area contributed by atoms with Crippen LogP contribution in [0.4, 0.5) is 4.39 Å². The van der Waals surface area contributed by atoms with Crippen LogP contribution in [0.15, 0.2) is 29.3 Å². The maximum Gasteiger partial charge on any atom is 0.329 e. The first-order chi connectivity index (χ1) is 13.0. The zero-order valence-electron chi connectivity index (χ0n) is 14.7. The number of aliphatic imine (C=N–C) groups is 1. The normalized spacial score (nSPS) is 19.0. The van der Waals surface area contributed by atoms with E-state index >= 15 is 0 Å². The van der Waals surface area contributed by atoms with Crippen molar-refractivity contribution in [1.82, 2.24) is 4.90 Å². The summed E-state index contributed by atoms with van der Waals surface area (Å²) >= 11 is 2.13. The van der Waals surface area contributed by atoms with E-state index in [1.54, 1.807) is 30.0 Å². The first-order valence-corrected chi connectivity index (χ1v) is 10.5. The Kier molecular flexibility index (Phi) is 6.54. The lowest BCUT2D eigenvalue weighted by Crippen LogP contribution is -2.34. The number of benzene rings is 1. The minimum absolute atomic E-state index is 0.0829. The minimum Gasteiger partial charge on any atom is -0.465 e. The van der Waals surface area contributed by atoms with Gasteiger partial charge in [-0.15, -0.1) is 0 Å². The molecule has 1 aromatic rings. The largest absolute Gasteiger partial charge is 0.465 e. The average molecular weight is 410 g/mol. The smallest absolute Gasteiger partial charge is 0.329 e. The molecule has 1 unspecified atom stereocenters. The van der Waals surface area contributed by atoms with E-state index in [2.05, 4.69) is 4.99 Å². The van der Waals surface area contributed by atoms with E-state index in [-0.39, 0.29) is 36.7 Å². The van der Waals surface area contributed by atoms with Gasteiger partial charge in [-0.25, -0.2) is 4.39 Å². The van der Waals surface area contributed by atoms with Crippen molar-refractivity contribution in [2.24, 2.45) is 4.99 Å². The first kappa shape index (κ1) is 19.9. The van der Waals surface area contributed by atoms with E-state index in [1.807, 2.05) is 0 Å². The Morgan fingerprint density at radius 1 is 1.37 bits per heavy atom. The monoisotopic (exact) mass is 410 g/mol. The number of thioether (sulfide) groups is 2. The second kappa shape index (κ2) is 8.88. The number of carbonyl (C=O) groups excluding carboxylic acids is 3. The fraction of sp³-hybridized carbons (Fsp3) is 0.444. The van der Waals surface area contributed by atoms with Crippen LogP contribution in [-0.2, 0) is 25.7 Å². The summed E-state index contributed by atoms with van der Waals surface area (Å²) in [6, 6.07) is 6.54. The van der Waals surface area contributed by atoms with Gasteiger partial charge in [-0.1, -0.05) is 41.7 Å². The number of rotatable bonds is 7. The molecule has 0 aromatic heterocycles. The summed E-state index contributed by atoms with van der Waals surface area (Å²) in [6.45, 7) is 2.08. The molecule has 1 fully saturated rings. The Balaban J connectivity index is 1.56. The van der Waals surface area contributed by atoms with Gasteiger partial charge >= 0.3 is 5.97 Å². The van der Waals surface area contributed by atoms with Crippen LogP contribution in [0.25, 0.3) is 0 Å². The van der Waals surface area contributed by atoms with Gasteiger partial charge < -0.3 is 9.64 Å². The third kappa shape index (κ3) is 5.10. The molecule has 1 aliphatic carbocycles. The van der Waals surface area contributed by atoms with Crippen molar-refractivity contribution in [2.75, 3.05) is 12.4 Å². The lowest BCUT2D eigenvalue weighted by molar-refractivity contribution is -0.144. The summed E-state index contributed by atoms with van der Waals surface area (Å²) in [7, 11) is 0. The highest BCUT2D eigenvalue weighted by atomic mass is 32.2. The molecule has 0 radical (unpaired) electrons. The molecule has 1 aliphatic heterocycles. The molecule has 0 spiro atoms. The fourth-order valence-corrected chi connectivity index (χ4v) is 4.55. The maximum absolute atomic E-state index is 13.9. The second-order valence-electron chi connectivity index (χ2n) is 6.10. The molecule has 0 N–H and O–H groups in total. The molecule has 0 bridgehead atoms. The number of nitrogens with zero attached hydrogens (tertiary/aromatic N) is 2. The predicted molar refractivity (Wildman–Crippen MR) is 103 cm³/mol. The molecule has 3 rings (SSSR count). The highest BCUT2D eigenvalue weighted by molar-refractivity contribution is 8.40. The average Bonchev–Trinajstić information content (AvgIpc) is 3.41. The van der Waals surface area contributed by atoms with Crippen molar-refractivity contribution in [3.05, 3.63) is 35.6 Å². The van der Waals surface area contributed by atoms with Crippen molar-refractivity contribution in [1.29, 1.82) is 0 Å². The van der Waals surface area contributed by atoms with Crippen LogP contribution in [0, 0.1) is 5.82 Å². The molecule has 1 aromatic carbocycles. The van der Waals surface area contributed by atoms with E-state index in [0.29, 0.717) is 9.94 Å². The Morgan fingerprint density at radius 3 is 2.78 bits per heavy atom.